The molecule has 14 heavy (non-hydrogen) atoms. The van der Waals surface area contributed by atoms with Crippen LogP contribution in [0.1, 0.15) is 46.0 Å². The highest BCUT2D eigenvalue weighted by Crippen LogP contribution is 2.39. The second-order valence-electron chi connectivity index (χ2n) is 3.94. The average Bonchev–Trinajstić information content (AvgIpc) is 2.17. The number of carbonyl (C=O) groups is 1. The van der Waals surface area contributed by atoms with Gasteiger partial charge in [0.1, 0.15) is 5.60 Å². The molecule has 1 saturated carbocycles. The van der Waals surface area contributed by atoms with Crippen LogP contribution in [0.2, 0.25) is 0 Å². The lowest BCUT2D eigenvalue weighted by molar-refractivity contribution is -0.165. The SMILES string of the molecule is CCC1(OC(C)=O)CCCCC1C#N. The molecule has 0 amide bonds. The second kappa shape index (κ2) is 4.45. The van der Waals surface area contributed by atoms with Gasteiger partial charge in [-0.1, -0.05) is 13.3 Å². The maximum Gasteiger partial charge on any atom is 0.303 e. The Labute approximate surface area is 85.1 Å². The summed E-state index contributed by atoms with van der Waals surface area (Å²) in [5.74, 6) is -0.390. The first-order valence-electron chi connectivity index (χ1n) is 5.24. The first-order valence-corrected chi connectivity index (χ1v) is 5.24. The van der Waals surface area contributed by atoms with Crippen molar-refractivity contribution in [2.45, 2.75) is 51.6 Å². The lowest BCUT2D eigenvalue weighted by atomic mass is 9.74. The third kappa shape index (κ3) is 2.06. The van der Waals surface area contributed by atoms with Crippen LogP contribution in [0.5, 0.6) is 0 Å². The molecular weight excluding hydrogens is 178 g/mol. The Morgan fingerprint density at radius 2 is 2.36 bits per heavy atom. The Morgan fingerprint density at radius 1 is 1.64 bits per heavy atom. The largest absolute Gasteiger partial charge is 0.458 e. The van der Waals surface area contributed by atoms with E-state index in [-0.39, 0.29) is 11.9 Å². The Morgan fingerprint density at radius 3 is 2.86 bits per heavy atom. The predicted octanol–water partition coefficient (Wildman–Crippen LogP) is 2.41. The molecule has 0 N–H and O–H groups in total. The minimum Gasteiger partial charge on any atom is -0.458 e. The summed E-state index contributed by atoms with van der Waals surface area (Å²) in [6.45, 7) is 3.40. The summed E-state index contributed by atoms with van der Waals surface area (Å²) in [4.78, 5) is 11.0. The van der Waals surface area contributed by atoms with Crippen molar-refractivity contribution in [2.75, 3.05) is 0 Å². The van der Waals surface area contributed by atoms with E-state index in [1.54, 1.807) is 0 Å². The number of hydrogen-bond donors (Lipinski definition) is 0. The molecule has 0 aromatic carbocycles. The topological polar surface area (TPSA) is 50.1 Å². The quantitative estimate of drug-likeness (QED) is 0.636. The third-order valence-corrected chi connectivity index (χ3v) is 3.08. The summed E-state index contributed by atoms with van der Waals surface area (Å²) in [6.07, 6.45) is 4.56. The molecule has 0 bridgehead atoms. The number of nitrogens with zero attached hydrogens (tertiary/aromatic N) is 1. The van der Waals surface area contributed by atoms with Gasteiger partial charge in [0.2, 0.25) is 0 Å². The minimum absolute atomic E-state index is 0.120. The standard InChI is InChI=1S/C11H17NO2/c1-3-11(14-9(2)13)7-5-4-6-10(11)8-12/h10H,3-7H2,1-2H3. The van der Waals surface area contributed by atoms with E-state index in [1.807, 2.05) is 6.92 Å². The van der Waals surface area contributed by atoms with Gasteiger partial charge in [0.15, 0.2) is 0 Å². The monoisotopic (exact) mass is 195 g/mol. The molecule has 0 aliphatic heterocycles. The molecule has 1 rings (SSSR count). The van der Waals surface area contributed by atoms with E-state index in [0.717, 1.165) is 32.1 Å². The number of ether oxygens (including phenoxy) is 1. The summed E-state index contributed by atoms with van der Waals surface area (Å²) >= 11 is 0. The lowest BCUT2D eigenvalue weighted by Crippen LogP contribution is -2.43. The summed E-state index contributed by atoms with van der Waals surface area (Å²) in [7, 11) is 0. The van der Waals surface area contributed by atoms with Gasteiger partial charge in [-0.3, -0.25) is 4.79 Å². The van der Waals surface area contributed by atoms with Gasteiger partial charge < -0.3 is 4.74 Å². The van der Waals surface area contributed by atoms with Crippen molar-refractivity contribution in [3.05, 3.63) is 0 Å². The molecule has 0 aromatic rings. The van der Waals surface area contributed by atoms with Crippen molar-refractivity contribution in [3.63, 3.8) is 0 Å². The van der Waals surface area contributed by atoms with Crippen molar-refractivity contribution in [1.82, 2.24) is 0 Å². The summed E-state index contributed by atoms with van der Waals surface area (Å²) < 4.78 is 5.37. The number of nitriles is 1. The number of rotatable bonds is 2. The Kier molecular flexibility index (Phi) is 3.51. The van der Waals surface area contributed by atoms with Gasteiger partial charge in [-0.05, 0) is 25.7 Å². The van der Waals surface area contributed by atoms with Gasteiger partial charge in [0, 0.05) is 6.92 Å². The van der Waals surface area contributed by atoms with Gasteiger partial charge in [0.05, 0.1) is 12.0 Å². The summed E-state index contributed by atoms with van der Waals surface area (Å²) in [5, 5.41) is 9.03. The number of esters is 1. The van der Waals surface area contributed by atoms with Crippen LogP contribution < -0.4 is 0 Å². The van der Waals surface area contributed by atoms with Crippen LogP contribution in [0.15, 0.2) is 0 Å². The van der Waals surface area contributed by atoms with Crippen LogP contribution in [0.4, 0.5) is 0 Å². The zero-order valence-electron chi connectivity index (χ0n) is 8.88. The summed E-state index contributed by atoms with van der Waals surface area (Å²) in [5.41, 5.74) is -0.501. The maximum atomic E-state index is 11.0. The normalized spacial score (nSPS) is 31.9. The van der Waals surface area contributed by atoms with Crippen LogP contribution in [0.25, 0.3) is 0 Å². The molecule has 0 radical (unpaired) electrons. The van der Waals surface area contributed by atoms with Crippen molar-refractivity contribution in [3.8, 4) is 6.07 Å². The zero-order chi connectivity index (χ0) is 10.6. The van der Waals surface area contributed by atoms with Crippen LogP contribution in [0, 0.1) is 17.2 Å². The third-order valence-electron chi connectivity index (χ3n) is 3.08. The van der Waals surface area contributed by atoms with Gasteiger partial charge in [-0.2, -0.15) is 5.26 Å². The molecule has 78 valence electrons. The molecule has 3 nitrogen and oxygen atoms in total. The van der Waals surface area contributed by atoms with Crippen molar-refractivity contribution in [1.29, 1.82) is 5.26 Å². The van der Waals surface area contributed by atoms with Crippen molar-refractivity contribution >= 4 is 5.97 Å². The van der Waals surface area contributed by atoms with Gasteiger partial charge in [-0.15, -0.1) is 0 Å². The van der Waals surface area contributed by atoms with E-state index in [9.17, 15) is 4.79 Å². The van der Waals surface area contributed by atoms with E-state index in [2.05, 4.69) is 6.07 Å². The highest BCUT2D eigenvalue weighted by Gasteiger charge is 2.42. The van der Waals surface area contributed by atoms with Crippen molar-refractivity contribution < 1.29 is 9.53 Å². The van der Waals surface area contributed by atoms with E-state index < -0.39 is 5.60 Å². The first-order chi connectivity index (χ1) is 6.64. The predicted molar refractivity (Wildman–Crippen MR) is 52.4 cm³/mol. The Hall–Kier alpha value is -1.04. The fraction of sp³-hybridized carbons (Fsp3) is 0.818. The number of carbonyl (C=O) groups excluding carboxylic acids is 1. The molecule has 3 heteroatoms. The number of hydrogen-bond acceptors (Lipinski definition) is 3. The molecule has 2 atom stereocenters. The second-order valence-corrected chi connectivity index (χ2v) is 3.94. The first kappa shape index (κ1) is 11.0. The average molecular weight is 195 g/mol. The highest BCUT2D eigenvalue weighted by atomic mass is 16.6. The van der Waals surface area contributed by atoms with Crippen LogP contribution in [0.3, 0.4) is 0 Å². The summed E-state index contributed by atoms with van der Waals surface area (Å²) in [6, 6.07) is 2.27. The zero-order valence-corrected chi connectivity index (χ0v) is 8.88. The molecule has 2 unspecified atom stereocenters. The van der Waals surface area contributed by atoms with Gasteiger partial charge in [-0.25, -0.2) is 0 Å². The molecule has 1 aliphatic rings. The Balaban J connectivity index is 2.82. The van der Waals surface area contributed by atoms with E-state index in [0.29, 0.717) is 0 Å². The maximum absolute atomic E-state index is 11.0. The van der Waals surface area contributed by atoms with Gasteiger partial charge >= 0.3 is 5.97 Å². The van der Waals surface area contributed by atoms with Crippen LogP contribution >= 0.6 is 0 Å². The highest BCUT2D eigenvalue weighted by molar-refractivity contribution is 5.66. The molecule has 0 saturated heterocycles. The minimum atomic E-state index is -0.501. The van der Waals surface area contributed by atoms with E-state index >= 15 is 0 Å². The van der Waals surface area contributed by atoms with E-state index in [4.69, 9.17) is 10.00 Å². The fourth-order valence-electron chi connectivity index (χ4n) is 2.30. The molecule has 0 aromatic heterocycles. The smallest absolute Gasteiger partial charge is 0.303 e. The van der Waals surface area contributed by atoms with Gasteiger partial charge in [0.25, 0.3) is 0 Å². The molecular formula is C11H17NO2. The lowest BCUT2D eigenvalue weighted by Gasteiger charge is -2.39. The van der Waals surface area contributed by atoms with Crippen LogP contribution in [-0.2, 0) is 9.53 Å². The van der Waals surface area contributed by atoms with Crippen LogP contribution in [-0.4, -0.2) is 11.6 Å². The Bertz CT molecular complexity index is 257. The fourth-order valence-corrected chi connectivity index (χ4v) is 2.30. The molecule has 0 spiro atoms. The molecule has 1 aliphatic carbocycles. The van der Waals surface area contributed by atoms with E-state index in [1.165, 1.54) is 6.92 Å². The molecule has 1 fully saturated rings. The molecule has 0 heterocycles. The van der Waals surface area contributed by atoms with Crippen molar-refractivity contribution in [2.24, 2.45) is 5.92 Å².